The van der Waals surface area contributed by atoms with Crippen molar-refractivity contribution in [2.45, 2.75) is 26.7 Å². The van der Waals surface area contributed by atoms with E-state index in [1.807, 2.05) is 49.4 Å². The van der Waals surface area contributed by atoms with Crippen LogP contribution in [0.15, 0.2) is 52.0 Å². The third kappa shape index (κ3) is 6.19. The van der Waals surface area contributed by atoms with Crippen molar-refractivity contribution in [3.8, 4) is 11.5 Å². The highest BCUT2D eigenvalue weighted by molar-refractivity contribution is 9.10. The number of rotatable bonds is 8. The van der Waals surface area contributed by atoms with Gasteiger partial charge in [-0.25, -0.2) is 5.43 Å². The number of carbonyl (C=O) groups excluding carboxylic acids is 1. The van der Waals surface area contributed by atoms with Crippen LogP contribution < -0.4 is 14.9 Å². The lowest BCUT2D eigenvalue weighted by Crippen LogP contribution is -2.24. The zero-order chi connectivity index (χ0) is 18.9. The first-order valence-electron chi connectivity index (χ1n) is 8.46. The highest BCUT2D eigenvalue weighted by Gasteiger charge is 2.07. The largest absolute Gasteiger partial charge is 0.494 e. The van der Waals surface area contributed by atoms with Crippen molar-refractivity contribution >= 4 is 28.1 Å². The maximum absolute atomic E-state index is 11.8. The Labute approximate surface area is 162 Å². The molecule has 1 amide bonds. The first-order valence-corrected chi connectivity index (χ1v) is 9.26. The molecule has 138 valence electrons. The second-order valence-corrected chi connectivity index (χ2v) is 6.78. The van der Waals surface area contributed by atoms with E-state index in [1.54, 1.807) is 6.21 Å². The normalized spacial score (nSPS) is 11.0. The molecule has 5 nitrogen and oxygen atoms in total. The fourth-order valence-corrected chi connectivity index (χ4v) is 2.68. The smallest absolute Gasteiger partial charge is 0.277 e. The Hall–Kier alpha value is -2.34. The molecule has 0 bridgehead atoms. The Morgan fingerprint density at radius 2 is 1.92 bits per heavy atom. The Morgan fingerprint density at radius 1 is 1.19 bits per heavy atom. The van der Waals surface area contributed by atoms with Gasteiger partial charge < -0.3 is 9.47 Å². The average Bonchev–Trinajstić information content (AvgIpc) is 2.62. The van der Waals surface area contributed by atoms with Crippen LogP contribution in [0.3, 0.4) is 0 Å². The summed E-state index contributed by atoms with van der Waals surface area (Å²) in [6, 6.07) is 13.3. The van der Waals surface area contributed by atoms with Crippen LogP contribution in [0.25, 0.3) is 0 Å². The minimum atomic E-state index is -0.327. The van der Waals surface area contributed by atoms with E-state index in [0.29, 0.717) is 18.3 Å². The van der Waals surface area contributed by atoms with Gasteiger partial charge in [0.25, 0.3) is 5.91 Å². The van der Waals surface area contributed by atoms with Gasteiger partial charge >= 0.3 is 0 Å². The van der Waals surface area contributed by atoms with Crippen LogP contribution in [0, 0.1) is 0 Å². The SMILES string of the molecule is CCOc1ccc(C=NNC(=O)COc2ccc(C(C)C)cc2Br)cc1. The molecule has 26 heavy (non-hydrogen) atoms. The summed E-state index contributed by atoms with van der Waals surface area (Å²) < 4.78 is 11.7. The highest BCUT2D eigenvalue weighted by Crippen LogP contribution is 2.28. The Bertz CT molecular complexity index is 758. The monoisotopic (exact) mass is 418 g/mol. The minimum Gasteiger partial charge on any atom is -0.494 e. The molecule has 2 aromatic rings. The molecule has 0 aliphatic carbocycles. The lowest BCUT2D eigenvalue weighted by molar-refractivity contribution is -0.123. The number of nitrogens with zero attached hydrogens (tertiary/aromatic N) is 1. The molecule has 0 heterocycles. The summed E-state index contributed by atoms with van der Waals surface area (Å²) in [5, 5.41) is 3.93. The first-order chi connectivity index (χ1) is 12.5. The van der Waals surface area contributed by atoms with Gasteiger partial charge in [0.05, 0.1) is 17.3 Å². The van der Waals surface area contributed by atoms with Gasteiger partial charge in [0.1, 0.15) is 11.5 Å². The van der Waals surface area contributed by atoms with Crippen molar-refractivity contribution in [2.75, 3.05) is 13.2 Å². The number of hydrogen-bond donors (Lipinski definition) is 1. The zero-order valence-electron chi connectivity index (χ0n) is 15.2. The molecule has 0 radical (unpaired) electrons. The van der Waals surface area contributed by atoms with E-state index in [2.05, 4.69) is 40.3 Å². The van der Waals surface area contributed by atoms with E-state index in [4.69, 9.17) is 9.47 Å². The maximum Gasteiger partial charge on any atom is 0.277 e. The fraction of sp³-hybridized carbons (Fsp3) is 0.300. The molecule has 0 spiro atoms. The third-order valence-electron chi connectivity index (χ3n) is 3.58. The van der Waals surface area contributed by atoms with E-state index in [-0.39, 0.29) is 12.5 Å². The molecule has 0 saturated carbocycles. The molecule has 2 aromatic carbocycles. The average molecular weight is 419 g/mol. The Balaban J connectivity index is 1.81. The first kappa shape index (κ1) is 20.0. The van der Waals surface area contributed by atoms with E-state index in [9.17, 15) is 4.79 Å². The summed E-state index contributed by atoms with van der Waals surface area (Å²) in [5.41, 5.74) is 4.51. The van der Waals surface area contributed by atoms with E-state index >= 15 is 0 Å². The number of amides is 1. The van der Waals surface area contributed by atoms with Gasteiger partial charge in [0.2, 0.25) is 0 Å². The molecule has 0 unspecified atom stereocenters. The second kappa shape index (κ2) is 9.97. The topological polar surface area (TPSA) is 59.9 Å². The molecular weight excluding hydrogens is 396 g/mol. The Morgan fingerprint density at radius 3 is 2.54 bits per heavy atom. The van der Waals surface area contributed by atoms with Crippen molar-refractivity contribution in [3.63, 3.8) is 0 Å². The maximum atomic E-state index is 11.8. The van der Waals surface area contributed by atoms with Crippen LogP contribution in [-0.4, -0.2) is 25.3 Å². The number of nitrogens with one attached hydrogen (secondary N) is 1. The van der Waals surface area contributed by atoms with Gasteiger partial charge in [-0.15, -0.1) is 0 Å². The predicted molar refractivity (Wildman–Crippen MR) is 107 cm³/mol. The van der Waals surface area contributed by atoms with Crippen molar-refractivity contribution in [1.82, 2.24) is 5.43 Å². The van der Waals surface area contributed by atoms with Crippen LogP contribution in [0.2, 0.25) is 0 Å². The standard InChI is InChI=1S/C20H23BrN2O3/c1-4-25-17-8-5-15(6-9-17)12-22-23-20(24)13-26-19-10-7-16(14(2)3)11-18(19)21/h5-12,14H,4,13H2,1-3H3,(H,23,24). The molecule has 6 heteroatoms. The van der Waals surface area contributed by atoms with E-state index in [0.717, 1.165) is 15.8 Å². The summed E-state index contributed by atoms with van der Waals surface area (Å²) in [6.45, 7) is 6.69. The number of hydrogen-bond acceptors (Lipinski definition) is 4. The van der Waals surface area contributed by atoms with Crippen LogP contribution >= 0.6 is 15.9 Å². The zero-order valence-corrected chi connectivity index (χ0v) is 16.7. The van der Waals surface area contributed by atoms with Crippen LogP contribution in [0.1, 0.15) is 37.8 Å². The molecule has 0 atom stereocenters. The van der Waals surface area contributed by atoms with Crippen LogP contribution in [-0.2, 0) is 4.79 Å². The number of hydrazone groups is 1. The lowest BCUT2D eigenvalue weighted by Gasteiger charge is -2.10. The summed E-state index contributed by atoms with van der Waals surface area (Å²) in [7, 11) is 0. The summed E-state index contributed by atoms with van der Waals surface area (Å²) in [4.78, 5) is 11.8. The molecule has 0 aromatic heterocycles. The Kier molecular flexibility index (Phi) is 7.66. The van der Waals surface area contributed by atoms with Gasteiger partial charge in [-0.2, -0.15) is 5.10 Å². The molecule has 2 rings (SSSR count). The quantitative estimate of drug-likeness (QED) is 0.506. The van der Waals surface area contributed by atoms with E-state index < -0.39 is 0 Å². The van der Waals surface area contributed by atoms with Crippen LogP contribution in [0.5, 0.6) is 11.5 Å². The number of carbonyl (C=O) groups is 1. The fourth-order valence-electron chi connectivity index (χ4n) is 2.16. The van der Waals surface area contributed by atoms with Gasteiger partial charge in [0, 0.05) is 0 Å². The van der Waals surface area contributed by atoms with Gasteiger partial charge in [-0.05, 0) is 76.3 Å². The van der Waals surface area contributed by atoms with Gasteiger partial charge in [0.15, 0.2) is 6.61 Å². The molecule has 1 N–H and O–H groups in total. The number of halogens is 1. The third-order valence-corrected chi connectivity index (χ3v) is 4.20. The molecule has 0 aliphatic heterocycles. The lowest BCUT2D eigenvalue weighted by atomic mass is 10.0. The minimum absolute atomic E-state index is 0.111. The van der Waals surface area contributed by atoms with E-state index in [1.165, 1.54) is 5.56 Å². The van der Waals surface area contributed by atoms with Crippen LogP contribution in [0.4, 0.5) is 0 Å². The van der Waals surface area contributed by atoms with Gasteiger partial charge in [-0.3, -0.25) is 4.79 Å². The molecule has 0 saturated heterocycles. The van der Waals surface area contributed by atoms with Crippen molar-refractivity contribution in [1.29, 1.82) is 0 Å². The van der Waals surface area contributed by atoms with Crippen molar-refractivity contribution < 1.29 is 14.3 Å². The second-order valence-electron chi connectivity index (χ2n) is 5.93. The summed E-state index contributed by atoms with van der Waals surface area (Å²) >= 11 is 3.47. The molecule has 0 fully saturated rings. The summed E-state index contributed by atoms with van der Waals surface area (Å²) in [5.74, 6) is 1.53. The molecular formula is C20H23BrN2O3. The highest BCUT2D eigenvalue weighted by atomic mass is 79.9. The van der Waals surface area contributed by atoms with Crippen molar-refractivity contribution in [2.24, 2.45) is 5.10 Å². The number of benzene rings is 2. The number of ether oxygens (including phenoxy) is 2. The van der Waals surface area contributed by atoms with Crippen molar-refractivity contribution in [3.05, 3.63) is 58.1 Å². The summed E-state index contributed by atoms with van der Waals surface area (Å²) in [6.07, 6.45) is 1.57. The van der Waals surface area contributed by atoms with Gasteiger partial charge in [-0.1, -0.05) is 19.9 Å². The molecule has 0 aliphatic rings. The predicted octanol–water partition coefficient (Wildman–Crippen LogP) is 4.50.